The van der Waals surface area contributed by atoms with Crippen LogP contribution in [0.4, 0.5) is 11.4 Å². The molecule has 0 aliphatic carbocycles. The van der Waals surface area contributed by atoms with Gasteiger partial charge in [-0.3, -0.25) is 9.79 Å². The van der Waals surface area contributed by atoms with Gasteiger partial charge in [0.25, 0.3) is 0 Å². The van der Waals surface area contributed by atoms with E-state index in [0.29, 0.717) is 5.56 Å². The van der Waals surface area contributed by atoms with E-state index in [4.69, 9.17) is 0 Å². The van der Waals surface area contributed by atoms with Crippen molar-refractivity contribution in [1.82, 2.24) is 0 Å². The standard InChI is InChI=1S/C19H16N2O2/c1-13(22)21-17-10-8-16(9-11-17)20-12-15-7-6-14-4-2-3-5-18(14)19(15)23/h2-12,23H,1H3,(H,21,22). The van der Waals surface area contributed by atoms with Gasteiger partial charge in [-0.2, -0.15) is 0 Å². The van der Waals surface area contributed by atoms with Gasteiger partial charge >= 0.3 is 0 Å². The molecule has 114 valence electrons. The molecule has 3 aromatic rings. The Morgan fingerprint density at radius 2 is 1.78 bits per heavy atom. The number of fused-ring (bicyclic) bond motifs is 1. The Bertz CT molecular complexity index is 884. The lowest BCUT2D eigenvalue weighted by Gasteiger charge is -2.04. The summed E-state index contributed by atoms with van der Waals surface area (Å²) >= 11 is 0. The number of nitrogens with zero attached hydrogens (tertiary/aromatic N) is 1. The number of hydrogen-bond donors (Lipinski definition) is 2. The zero-order valence-electron chi connectivity index (χ0n) is 12.7. The highest BCUT2D eigenvalue weighted by Gasteiger charge is 2.03. The van der Waals surface area contributed by atoms with Crippen molar-refractivity contribution in [3.05, 3.63) is 66.2 Å². The van der Waals surface area contributed by atoms with Crippen LogP contribution in [0.2, 0.25) is 0 Å². The third kappa shape index (κ3) is 3.37. The van der Waals surface area contributed by atoms with Gasteiger partial charge in [-0.25, -0.2) is 0 Å². The number of benzene rings is 3. The molecule has 0 bridgehead atoms. The van der Waals surface area contributed by atoms with Crippen molar-refractivity contribution >= 4 is 34.3 Å². The zero-order chi connectivity index (χ0) is 16.2. The van der Waals surface area contributed by atoms with E-state index in [2.05, 4.69) is 10.3 Å². The molecule has 0 atom stereocenters. The first-order chi connectivity index (χ1) is 11.1. The summed E-state index contributed by atoms with van der Waals surface area (Å²) in [5, 5.41) is 14.8. The Morgan fingerprint density at radius 3 is 2.52 bits per heavy atom. The van der Waals surface area contributed by atoms with Gasteiger partial charge in [-0.1, -0.05) is 30.3 Å². The molecule has 0 fully saturated rings. The van der Waals surface area contributed by atoms with E-state index >= 15 is 0 Å². The molecule has 23 heavy (non-hydrogen) atoms. The molecule has 0 saturated heterocycles. The molecule has 3 rings (SSSR count). The second-order valence-corrected chi connectivity index (χ2v) is 5.21. The number of phenolic OH excluding ortho intramolecular Hbond substituents is 1. The second kappa shape index (κ2) is 6.32. The van der Waals surface area contributed by atoms with Crippen molar-refractivity contribution in [2.45, 2.75) is 6.92 Å². The summed E-state index contributed by atoms with van der Waals surface area (Å²) in [4.78, 5) is 15.4. The molecule has 0 unspecified atom stereocenters. The number of aliphatic imine (C=N–C) groups is 1. The molecule has 3 aromatic carbocycles. The first-order valence-corrected chi connectivity index (χ1v) is 7.26. The Kier molecular flexibility index (Phi) is 4.06. The number of phenols is 1. The molecule has 0 saturated carbocycles. The van der Waals surface area contributed by atoms with Gasteiger partial charge in [0.1, 0.15) is 5.75 Å². The lowest BCUT2D eigenvalue weighted by Crippen LogP contribution is -2.04. The third-order valence-electron chi connectivity index (χ3n) is 3.47. The van der Waals surface area contributed by atoms with Crippen LogP contribution in [-0.2, 0) is 4.79 Å². The molecular formula is C19H16N2O2. The molecule has 0 spiro atoms. The topological polar surface area (TPSA) is 61.7 Å². The molecule has 0 aromatic heterocycles. The van der Waals surface area contributed by atoms with Gasteiger partial charge in [0, 0.05) is 29.8 Å². The molecule has 0 aliphatic heterocycles. The van der Waals surface area contributed by atoms with Crippen LogP contribution in [0, 0.1) is 0 Å². The van der Waals surface area contributed by atoms with E-state index in [1.807, 2.05) is 36.4 Å². The minimum absolute atomic E-state index is 0.109. The van der Waals surface area contributed by atoms with Crippen LogP contribution in [0.3, 0.4) is 0 Å². The third-order valence-corrected chi connectivity index (χ3v) is 3.47. The van der Waals surface area contributed by atoms with Gasteiger partial charge in [-0.15, -0.1) is 0 Å². The average Bonchev–Trinajstić information content (AvgIpc) is 2.55. The zero-order valence-corrected chi connectivity index (χ0v) is 12.7. The number of amides is 1. The molecular weight excluding hydrogens is 288 g/mol. The van der Waals surface area contributed by atoms with Crippen molar-refractivity contribution in [1.29, 1.82) is 0 Å². The summed E-state index contributed by atoms with van der Waals surface area (Å²) in [5.41, 5.74) is 2.13. The largest absolute Gasteiger partial charge is 0.507 e. The summed E-state index contributed by atoms with van der Waals surface area (Å²) in [7, 11) is 0. The fourth-order valence-electron chi connectivity index (χ4n) is 2.35. The maximum atomic E-state index is 11.0. The quantitative estimate of drug-likeness (QED) is 0.710. The van der Waals surface area contributed by atoms with E-state index in [9.17, 15) is 9.90 Å². The highest BCUT2D eigenvalue weighted by Crippen LogP contribution is 2.28. The van der Waals surface area contributed by atoms with Crippen molar-refractivity contribution in [3.63, 3.8) is 0 Å². The molecule has 1 amide bonds. The highest BCUT2D eigenvalue weighted by molar-refractivity contribution is 5.97. The van der Waals surface area contributed by atoms with Gasteiger partial charge < -0.3 is 10.4 Å². The van der Waals surface area contributed by atoms with E-state index in [1.165, 1.54) is 6.92 Å². The summed E-state index contributed by atoms with van der Waals surface area (Å²) in [6.07, 6.45) is 1.63. The lowest BCUT2D eigenvalue weighted by atomic mass is 10.1. The number of rotatable bonds is 3. The van der Waals surface area contributed by atoms with Crippen LogP contribution in [0.25, 0.3) is 10.8 Å². The smallest absolute Gasteiger partial charge is 0.221 e. The first-order valence-electron chi connectivity index (χ1n) is 7.26. The van der Waals surface area contributed by atoms with Crippen LogP contribution in [-0.4, -0.2) is 17.2 Å². The summed E-state index contributed by atoms with van der Waals surface area (Å²) in [6.45, 7) is 1.47. The van der Waals surface area contributed by atoms with Gasteiger partial charge in [-0.05, 0) is 35.7 Å². The Morgan fingerprint density at radius 1 is 1.04 bits per heavy atom. The minimum atomic E-state index is -0.109. The number of nitrogens with one attached hydrogen (secondary N) is 1. The summed E-state index contributed by atoms with van der Waals surface area (Å²) in [6, 6.07) is 18.6. The predicted molar refractivity (Wildman–Crippen MR) is 93.6 cm³/mol. The first kappa shape index (κ1) is 14.8. The monoisotopic (exact) mass is 304 g/mol. The molecule has 4 heteroatoms. The fourth-order valence-corrected chi connectivity index (χ4v) is 2.35. The number of carbonyl (C=O) groups is 1. The van der Waals surface area contributed by atoms with Crippen LogP contribution in [0.1, 0.15) is 12.5 Å². The molecule has 4 nitrogen and oxygen atoms in total. The second-order valence-electron chi connectivity index (χ2n) is 5.21. The minimum Gasteiger partial charge on any atom is -0.507 e. The van der Waals surface area contributed by atoms with E-state index in [0.717, 1.165) is 22.1 Å². The normalized spacial score (nSPS) is 11.0. The highest BCUT2D eigenvalue weighted by atomic mass is 16.3. The van der Waals surface area contributed by atoms with Crippen molar-refractivity contribution in [2.24, 2.45) is 4.99 Å². The number of aromatic hydroxyl groups is 1. The summed E-state index contributed by atoms with van der Waals surface area (Å²) < 4.78 is 0. The van der Waals surface area contributed by atoms with E-state index < -0.39 is 0 Å². The van der Waals surface area contributed by atoms with Crippen LogP contribution >= 0.6 is 0 Å². The van der Waals surface area contributed by atoms with Gasteiger partial charge in [0.15, 0.2) is 0 Å². The molecule has 0 heterocycles. The molecule has 0 radical (unpaired) electrons. The number of anilines is 1. The lowest BCUT2D eigenvalue weighted by molar-refractivity contribution is -0.114. The Labute approximate surface area is 134 Å². The maximum Gasteiger partial charge on any atom is 0.221 e. The summed E-state index contributed by atoms with van der Waals surface area (Å²) in [5.74, 6) is 0.115. The van der Waals surface area contributed by atoms with Crippen LogP contribution < -0.4 is 5.32 Å². The average molecular weight is 304 g/mol. The van der Waals surface area contributed by atoms with Crippen LogP contribution in [0.5, 0.6) is 5.75 Å². The number of hydrogen-bond acceptors (Lipinski definition) is 3. The molecule has 0 aliphatic rings. The van der Waals surface area contributed by atoms with Crippen molar-refractivity contribution in [2.75, 3.05) is 5.32 Å². The van der Waals surface area contributed by atoms with E-state index in [-0.39, 0.29) is 11.7 Å². The maximum absolute atomic E-state index is 11.0. The Balaban J connectivity index is 1.85. The van der Waals surface area contributed by atoms with Crippen LogP contribution in [0.15, 0.2) is 65.7 Å². The predicted octanol–water partition coefficient (Wildman–Crippen LogP) is 4.25. The van der Waals surface area contributed by atoms with Gasteiger partial charge in [0.05, 0.1) is 5.69 Å². The van der Waals surface area contributed by atoms with E-state index in [1.54, 1.807) is 30.5 Å². The Hall–Kier alpha value is -3.14. The van der Waals surface area contributed by atoms with Gasteiger partial charge in [0.2, 0.25) is 5.91 Å². The number of carbonyl (C=O) groups excluding carboxylic acids is 1. The fraction of sp³-hybridized carbons (Fsp3) is 0.0526. The molecule has 2 N–H and O–H groups in total. The van der Waals surface area contributed by atoms with Crippen molar-refractivity contribution in [3.8, 4) is 5.75 Å². The SMILES string of the molecule is CC(=O)Nc1ccc(N=Cc2ccc3ccccc3c2O)cc1. The van der Waals surface area contributed by atoms with Crippen molar-refractivity contribution < 1.29 is 9.90 Å².